The average Bonchev–Trinajstić information content (AvgIpc) is 3.16. The summed E-state index contributed by atoms with van der Waals surface area (Å²) in [6.07, 6.45) is 4.75. The molecule has 0 bridgehead atoms. The minimum Gasteiger partial charge on any atom is -0.465 e. The van der Waals surface area contributed by atoms with Gasteiger partial charge in [0, 0.05) is 18.0 Å². The van der Waals surface area contributed by atoms with Crippen LogP contribution in [0.5, 0.6) is 0 Å². The Labute approximate surface area is 160 Å². The van der Waals surface area contributed by atoms with Crippen LogP contribution < -0.4 is 4.72 Å². The third-order valence-electron chi connectivity index (χ3n) is 3.51. The van der Waals surface area contributed by atoms with Crippen LogP contribution in [0.4, 0.5) is 0 Å². The van der Waals surface area contributed by atoms with Crippen molar-refractivity contribution in [2.24, 2.45) is 0 Å². The van der Waals surface area contributed by atoms with E-state index in [4.69, 9.17) is 4.74 Å². The zero-order chi connectivity index (χ0) is 20.0. The number of sulfonamides is 1. The molecule has 2 heterocycles. The number of tetrazole rings is 1. The molecule has 0 aliphatic carbocycles. The summed E-state index contributed by atoms with van der Waals surface area (Å²) in [5, 5.41) is 12.2. The lowest BCUT2D eigenvalue weighted by atomic mass is 10.2. The summed E-state index contributed by atoms with van der Waals surface area (Å²) in [5.41, 5.74) is 1.27. The fourth-order valence-electron chi connectivity index (χ4n) is 2.21. The van der Waals surface area contributed by atoms with Crippen molar-refractivity contribution < 1.29 is 17.9 Å². The molecule has 11 nitrogen and oxygen atoms in total. The summed E-state index contributed by atoms with van der Waals surface area (Å²) >= 11 is 0. The Hall–Kier alpha value is -3.25. The monoisotopic (exact) mass is 403 g/mol. The van der Waals surface area contributed by atoms with Crippen LogP contribution in [0, 0.1) is 0 Å². The second-order valence-electron chi connectivity index (χ2n) is 5.49. The molecular weight excluding hydrogens is 386 g/mol. The quantitative estimate of drug-likeness (QED) is 0.515. The van der Waals surface area contributed by atoms with Crippen LogP contribution in [0.25, 0.3) is 11.4 Å². The molecule has 1 N–H and O–H groups in total. The van der Waals surface area contributed by atoms with E-state index in [0.29, 0.717) is 23.6 Å². The Bertz CT molecular complexity index is 1040. The second kappa shape index (κ2) is 8.63. The van der Waals surface area contributed by atoms with Crippen LogP contribution in [-0.2, 0) is 26.1 Å². The maximum absolute atomic E-state index is 12.2. The molecule has 1 aromatic carbocycles. The van der Waals surface area contributed by atoms with Crippen LogP contribution in [0.15, 0.2) is 47.8 Å². The Kier molecular flexibility index (Phi) is 6.01. The van der Waals surface area contributed by atoms with Crippen LogP contribution in [0.1, 0.15) is 12.6 Å². The first-order valence-corrected chi connectivity index (χ1v) is 9.74. The van der Waals surface area contributed by atoms with E-state index in [2.05, 4.69) is 30.1 Å². The minimum atomic E-state index is -3.84. The van der Waals surface area contributed by atoms with Gasteiger partial charge in [0.05, 0.1) is 23.4 Å². The molecule has 12 heteroatoms. The van der Waals surface area contributed by atoms with Gasteiger partial charge < -0.3 is 4.74 Å². The van der Waals surface area contributed by atoms with Crippen molar-refractivity contribution in [1.29, 1.82) is 0 Å². The van der Waals surface area contributed by atoms with E-state index in [1.165, 1.54) is 16.9 Å². The molecule has 0 saturated carbocycles. The number of hydrogen-bond donors (Lipinski definition) is 1. The van der Waals surface area contributed by atoms with Gasteiger partial charge in [0.15, 0.2) is 0 Å². The predicted molar refractivity (Wildman–Crippen MR) is 96.2 cm³/mol. The molecule has 3 aromatic rings. The molecular formula is C16H17N7O4S. The van der Waals surface area contributed by atoms with E-state index in [1.807, 2.05) is 0 Å². The standard InChI is InChI=1S/C16H17N7O4S/c1-2-27-15(24)10-19-28(25,26)14-5-3-12(4-6-14)16-20-22-23(21-16)11-13-9-17-7-8-18-13/h3-9,19H,2,10-11H2,1H3. The highest BCUT2D eigenvalue weighted by Crippen LogP contribution is 2.17. The number of hydrogen-bond acceptors (Lipinski definition) is 9. The van der Waals surface area contributed by atoms with Crippen molar-refractivity contribution in [2.75, 3.05) is 13.2 Å². The number of nitrogens with zero attached hydrogens (tertiary/aromatic N) is 6. The number of carbonyl (C=O) groups excluding carboxylic acids is 1. The number of ether oxygens (including phenoxy) is 1. The maximum Gasteiger partial charge on any atom is 0.321 e. The molecule has 0 aliphatic rings. The Morgan fingerprint density at radius 2 is 2.00 bits per heavy atom. The highest BCUT2D eigenvalue weighted by Gasteiger charge is 2.16. The van der Waals surface area contributed by atoms with E-state index < -0.39 is 22.5 Å². The lowest BCUT2D eigenvalue weighted by Crippen LogP contribution is -2.30. The van der Waals surface area contributed by atoms with Gasteiger partial charge in [-0.2, -0.15) is 9.52 Å². The van der Waals surface area contributed by atoms with E-state index in [0.717, 1.165) is 0 Å². The zero-order valence-corrected chi connectivity index (χ0v) is 15.7. The third kappa shape index (κ3) is 4.92. The molecule has 0 radical (unpaired) electrons. The van der Waals surface area contributed by atoms with Crippen LogP contribution in [0.2, 0.25) is 0 Å². The highest BCUT2D eigenvalue weighted by molar-refractivity contribution is 7.89. The fourth-order valence-corrected chi connectivity index (χ4v) is 3.18. The fraction of sp³-hybridized carbons (Fsp3) is 0.250. The molecule has 0 atom stereocenters. The molecule has 0 unspecified atom stereocenters. The van der Waals surface area contributed by atoms with Gasteiger partial charge >= 0.3 is 5.97 Å². The molecule has 28 heavy (non-hydrogen) atoms. The summed E-state index contributed by atoms with van der Waals surface area (Å²) in [7, 11) is -3.84. The van der Waals surface area contributed by atoms with Gasteiger partial charge in [0.1, 0.15) is 13.1 Å². The Morgan fingerprint density at radius 1 is 1.21 bits per heavy atom. The Morgan fingerprint density at radius 3 is 2.68 bits per heavy atom. The van der Waals surface area contributed by atoms with Gasteiger partial charge in [-0.25, -0.2) is 8.42 Å². The lowest BCUT2D eigenvalue weighted by molar-refractivity contribution is -0.141. The molecule has 0 fully saturated rings. The Balaban J connectivity index is 1.68. The van der Waals surface area contributed by atoms with Crippen LogP contribution in [-0.4, -0.2) is 57.7 Å². The van der Waals surface area contributed by atoms with E-state index in [-0.39, 0.29) is 11.5 Å². The number of esters is 1. The maximum atomic E-state index is 12.2. The average molecular weight is 403 g/mol. The van der Waals surface area contributed by atoms with Gasteiger partial charge in [-0.15, -0.1) is 10.2 Å². The van der Waals surface area contributed by atoms with Gasteiger partial charge in [-0.05, 0) is 36.4 Å². The molecule has 146 valence electrons. The largest absolute Gasteiger partial charge is 0.465 e. The first-order chi connectivity index (χ1) is 13.5. The van der Waals surface area contributed by atoms with Gasteiger partial charge in [-0.1, -0.05) is 0 Å². The normalized spacial score (nSPS) is 11.3. The van der Waals surface area contributed by atoms with Gasteiger partial charge in [0.2, 0.25) is 15.8 Å². The van der Waals surface area contributed by atoms with Crippen molar-refractivity contribution in [3.05, 3.63) is 48.5 Å². The number of rotatable bonds is 8. The number of nitrogens with one attached hydrogen (secondary N) is 1. The van der Waals surface area contributed by atoms with Crippen molar-refractivity contribution in [3.8, 4) is 11.4 Å². The molecule has 0 amide bonds. The van der Waals surface area contributed by atoms with Gasteiger partial charge in [0.25, 0.3) is 0 Å². The van der Waals surface area contributed by atoms with Crippen molar-refractivity contribution in [2.45, 2.75) is 18.4 Å². The zero-order valence-electron chi connectivity index (χ0n) is 14.9. The third-order valence-corrected chi connectivity index (χ3v) is 4.92. The smallest absolute Gasteiger partial charge is 0.321 e. The van der Waals surface area contributed by atoms with E-state index in [9.17, 15) is 13.2 Å². The van der Waals surface area contributed by atoms with Crippen molar-refractivity contribution in [3.63, 3.8) is 0 Å². The SMILES string of the molecule is CCOC(=O)CNS(=O)(=O)c1ccc(-c2nnn(Cc3cnccn3)n2)cc1. The number of benzene rings is 1. The molecule has 3 rings (SSSR count). The molecule has 2 aromatic heterocycles. The van der Waals surface area contributed by atoms with Crippen molar-refractivity contribution >= 4 is 16.0 Å². The number of aromatic nitrogens is 6. The first-order valence-electron chi connectivity index (χ1n) is 8.26. The summed E-state index contributed by atoms with van der Waals surface area (Å²) < 4.78 is 31.3. The second-order valence-corrected chi connectivity index (χ2v) is 7.26. The summed E-state index contributed by atoms with van der Waals surface area (Å²) in [6, 6.07) is 5.91. The molecule has 0 aliphatic heterocycles. The summed E-state index contributed by atoms with van der Waals surface area (Å²) in [5.74, 6) is -0.307. The highest BCUT2D eigenvalue weighted by atomic mass is 32.2. The predicted octanol–water partition coefficient (Wildman–Crippen LogP) is 0.0198. The van der Waals surface area contributed by atoms with Crippen LogP contribution in [0.3, 0.4) is 0 Å². The topological polar surface area (TPSA) is 142 Å². The van der Waals surface area contributed by atoms with E-state index >= 15 is 0 Å². The first kappa shape index (κ1) is 19.5. The lowest BCUT2D eigenvalue weighted by Gasteiger charge is -2.06. The van der Waals surface area contributed by atoms with Crippen molar-refractivity contribution in [1.82, 2.24) is 34.9 Å². The van der Waals surface area contributed by atoms with Crippen LogP contribution >= 0.6 is 0 Å². The molecule has 0 spiro atoms. The summed E-state index contributed by atoms with van der Waals surface area (Å²) in [6.45, 7) is 1.70. The summed E-state index contributed by atoms with van der Waals surface area (Å²) in [4.78, 5) is 20.8. The minimum absolute atomic E-state index is 0.00694. The van der Waals surface area contributed by atoms with Gasteiger partial charge in [-0.3, -0.25) is 14.8 Å². The molecule has 0 saturated heterocycles. The van der Waals surface area contributed by atoms with E-state index in [1.54, 1.807) is 37.6 Å². The number of carbonyl (C=O) groups is 1.